The van der Waals surface area contributed by atoms with E-state index in [1.165, 1.54) is 10.8 Å². The molecular weight excluding hydrogens is 636 g/mol. The van der Waals surface area contributed by atoms with Gasteiger partial charge in [0, 0.05) is 40.5 Å². The number of benzene rings is 3. The summed E-state index contributed by atoms with van der Waals surface area (Å²) < 4.78 is 6.47. The van der Waals surface area contributed by atoms with Crippen LogP contribution in [0.2, 0.25) is 0 Å². The predicted molar refractivity (Wildman–Crippen MR) is 195 cm³/mol. The molecule has 0 bridgehead atoms. The molecule has 50 heavy (non-hydrogen) atoms. The molecule has 0 spiro atoms. The van der Waals surface area contributed by atoms with E-state index in [-0.39, 0.29) is 43.3 Å². The Labute approximate surface area is 291 Å². The zero-order valence-electron chi connectivity index (χ0n) is 28.9. The van der Waals surface area contributed by atoms with Gasteiger partial charge < -0.3 is 32.2 Å². The molecule has 4 aromatic rings. The Morgan fingerprint density at radius 3 is 2.34 bits per heavy atom. The number of ether oxygens (including phenoxy) is 1. The molecule has 13 nitrogen and oxygen atoms in total. The lowest BCUT2D eigenvalue weighted by molar-refractivity contribution is -0.121. The Bertz CT molecular complexity index is 1920. The molecule has 1 aromatic heterocycles. The molecule has 1 heterocycles. The molecule has 262 valence electrons. The summed E-state index contributed by atoms with van der Waals surface area (Å²) in [6, 6.07) is 20.8. The van der Waals surface area contributed by atoms with Crippen LogP contribution in [0.5, 0.6) is 0 Å². The van der Waals surface area contributed by atoms with E-state index in [2.05, 4.69) is 25.9 Å². The van der Waals surface area contributed by atoms with E-state index in [9.17, 15) is 19.2 Å². The summed E-state index contributed by atoms with van der Waals surface area (Å²) in [5.74, 6) is -0.678. The Hall–Kier alpha value is -5.98. The molecule has 1 atom stereocenters. The van der Waals surface area contributed by atoms with E-state index in [0.717, 1.165) is 17.5 Å². The number of hydrogen-bond donors (Lipinski definition) is 5. The van der Waals surface area contributed by atoms with Crippen molar-refractivity contribution in [2.24, 2.45) is 10.7 Å². The van der Waals surface area contributed by atoms with Crippen molar-refractivity contribution in [2.75, 3.05) is 11.1 Å². The minimum Gasteiger partial charge on any atom is -0.443 e. The van der Waals surface area contributed by atoms with Crippen molar-refractivity contribution >= 4 is 35.2 Å². The normalized spacial score (nSPS) is 12.1. The van der Waals surface area contributed by atoms with Crippen LogP contribution in [0, 0.1) is 0 Å². The standard InChI is InChI=1S/C37H44N8O5/c1-6-23(2)42-34(47)28-16-27(17-29(38)18-28)30-20-41-33(44-37(3,4)5)35(48)45(30)21-31(46)40-19-24-12-14-26(15-13-24)32(39)43-36(49)50-22-25-10-8-7-9-11-25/h7-18,20,23H,6,19,21-22,38H2,1-5H3,(H,40,46)(H,41,44)(H,42,47)(H2,39,43,49)/t23-/m1/s1. The third-order valence-electron chi connectivity index (χ3n) is 7.51. The van der Waals surface area contributed by atoms with Gasteiger partial charge in [0.25, 0.3) is 11.5 Å². The third-order valence-corrected chi connectivity index (χ3v) is 7.51. The van der Waals surface area contributed by atoms with Crippen LogP contribution in [-0.2, 0) is 29.2 Å². The highest BCUT2D eigenvalue weighted by atomic mass is 16.5. The van der Waals surface area contributed by atoms with Crippen molar-refractivity contribution in [3.05, 3.63) is 112 Å². The van der Waals surface area contributed by atoms with Gasteiger partial charge in [-0.1, -0.05) is 61.5 Å². The molecule has 3 amide bonds. The van der Waals surface area contributed by atoms with E-state index < -0.39 is 23.1 Å². The lowest BCUT2D eigenvalue weighted by Crippen LogP contribution is -2.37. The van der Waals surface area contributed by atoms with Gasteiger partial charge >= 0.3 is 6.09 Å². The summed E-state index contributed by atoms with van der Waals surface area (Å²) in [5.41, 5.74) is 14.7. The Kier molecular flexibility index (Phi) is 12.1. The number of aromatic nitrogens is 2. The van der Waals surface area contributed by atoms with E-state index >= 15 is 0 Å². The molecule has 0 aliphatic heterocycles. The maximum atomic E-state index is 13.7. The summed E-state index contributed by atoms with van der Waals surface area (Å²) in [7, 11) is 0. The van der Waals surface area contributed by atoms with E-state index in [1.807, 2.05) is 65.0 Å². The van der Waals surface area contributed by atoms with Crippen LogP contribution in [0.4, 0.5) is 16.3 Å². The summed E-state index contributed by atoms with van der Waals surface area (Å²) >= 11 is 0. The summed E-state index contributed by atoms with van der Waals surface area (Å²) in [6.07, 6.45) is 1.42. The van der Waals surface area contributed by atoms with Crippen LogP contribution in [0.1, 0.15) is 68.1 Å². The molecule has 0 fully saturated rings. The Balaban J connectivity index is 1.49. The predicted octanol–water partition coefficient (Wildman–Crippen LogP) is 4.59. The molecule has 7 N–H and O–H groups in total. The number of hydrogen-bond acceptors (Lipinski definition) is 8. The molecule has 0 saturated carbocycles. The third kappa shape index (κ3) is 10.5. The minimum atomic E-state index is -0.807. The molecule has 3 aromatic carbocycles. The highest BCUT2D eigenvalue weighted by molar-refractivity contribution is 6.02. The van der Waals surface area contributed by atoms with Crippen LogP contribution in [-0.4, -0.2) is 44.9 Å². The summed E-state index contributed by atoms with van der Waals surface area (Å²) in [6.45, 7) is 9.43. The number of rotatable bonds is 12. The smallest absolute Gasteiger partial charge is 0.435 e. The largest absolute Gasteiger partial charge is 0.443 e. The van der Waals surface area contributed by atoms with E-state index in [1.54, 1.807) is 42.5 Å². The van der Waals surface area contributed by atoms with Gasteiger partial charge in [0.15, 0.2) is 5.82 Å². The number of carbonyl (C=O) groups is 3. The first-order chi connectivity index (χ1) is 23.7. The number of nitrogens with zero attached hydrogens (tertiary/aromatic N) is 3. The fourth-order valence-corrected chi connectivity index (χ4v) is 4.76. The highest BCUT2D eigenvalue weighted by Gasteiger charge is 2.20. The van der Waals surface area contributed by atoms with Crippen LogP contribution in [0.25, 0.3) is 11.3 Å². The fourth-order valence-electron chi connectivity index (χ4n) is 4.76. The monoisotopic (exact) mass is 680 g/mol. The van der Waals surface area contributed by atoms with Crippen LogP contribution in [0.15, 0.2) is 88.8 Å². The van der Waals surface area contributed by atoms with Crippen LogP contribution >= 0.6 is 0 Å². The average molecular weight is 681 g/mol. The lowest BCUT2D eigenvalue weighted by atomic mass is 10.1. The average Bonchev–Trinajstić information content (AvgIpc) is 3.08. The summed E-state index contributed by atoms with van der Waals surface area (Å²) in [4.78, 5) is 60.3. The van der Waals surface area contributed by atoms with Crippen molar-refractivity contribution in [2.45, 2.75) is 72.3 Å². The number of amidine groups is 1. The molecule has 13 heteroatoms. The second-order valence-corrected chi connectivity index (χ2v) is 12.9. The number of nitrogens with one attached hydrogen (secondary N) is 3. The number of aliphatic imine (C=N–C) groups is 1. The van der Waals surface area contributed by atoms with Gasteiger partial charge in [-0.15, -0.1) is 0 Å². The van der Waals surface area contributed by atoms with Crippen molar-refractivity contribution in [3.63, 3.8) is 0 Å². The first-order valence-corrected chi connectivity index (χ1v) is 16.2. The van der Waals surface area contributed by atoms with Crippen LogP contribution < -0.4 is 33.0 Å². The second kappa shape index (κ2) is 16.4. The number of amides is 3. The van der Waals surface area contributed by atoms with Gasteiger partial charge in [-0.2, -0.15) is 4.99 Å². The first kappa shape index (κ1) is 36.8. The quantitative estimate of drug-likeness (QED) is 0.0808. The number of nitrogens with two attached hydrogens (primary N) is 2. The SMILES string of the molecule is CC[C@@H](C)NC(=O)c1cc(N)cc(-c2cnc(NC(C)(C)C)c(=O)n2CC(=O)NCc2ccc(/C(N)=N/C(=O)OCc3ccccc3)cc2)c1. The van der Waals surface area contributed by atoms with Gasteiger partial charge in [-0.25, -0.2) is 9.78 Å². The summed E-state index contributed by atoms with van der Waals surface area (Å²) in [5, 5.41) is 8.85. The van der Waals surface area contributed by atoms with Crippen molar-refractivity contribution in [1.82, 2.24) is 20.2 Å². The van der Waals surface area contributed by atoms with Gasteiger partial charge in [0.2, 0.25) is 5.91 Å². The highest BCUT2D eigenvalue weighted by Crippen LogP contribution is 2.24. The topological polar surface area (TPSA) is 196 Å². The molecule has 0 unspecified atom stereocenters. The number of carbonyl (C=O) groups excluding carboxylic acids is 3. The second-order valence-electron chi connectivity index (χ2n) is 12.9. The lowest BCUT2D eigenvalue weighted by Gasteiger charge is -2.22. The minimum absolute atomic E-state index is 0.00929. The van der Waals surface area contributed by atoms with Crippen molar-refractivity contribution in [3.8, 4) is 11.3 Å². The molecule has 0 aliphatic carbocycles. The number of nitrogen functional groups attached to an aromatic ring is 1. The zero-order valence-corrected chi connectivity index (χ0v) is 28.9. The molecule has 4 rings (SSSR count). The van der Waals surface area contributed by atoms with Crippen molar-refractivity contribution < 1.29 is 19.1 Å². The molecular formula is C37H44N8O5. The molecule has 0 aliphatic rings. The van der Waals surface area contributed by atoms with E-state index in [4.69, 9.17) is 16.2 Å². The fraction of sp³-hybridized carbons (Fsp3) is 0.297. The van der Waals surface area contributed by atoms with E-state index in [0.29, 0.717) is 28.1 Å². The molecule has 0 radical (unpaired) electrons. The maximum absolute atomic E-state index is 13.7. The first-order valence-electron chi connectivity index (χ1n) is 16.2. The molecule has 0 saturated heterocycles. The Morgan fingerprint density at radius 2 is 1.68 bits per heavy atom. The van der Waals surface area contributed by atoms with Crippen LogP contribution in [0.3, 0.4) is 0 Å². The van der Waals surface area contributed by atoms with Gasteiger partial charge in [0.1, 0.15) is 19.0 Å². The Morgan fingerprint density at radius 1 is 0.980 bits per heavy atom. The zero-order chi connectivity index (χ0) is 36.4. The van der Waals surface area contributed by atoms with Gasteiger partial charge in [0.05, 0.1) is 11.9 Å². The van der Waals surface area contributed by atoms with Crippen molar-refractivity contribution in [1.29, 1.82) is 0 Å². The van der Waals surface area contributed by atoms with Gasteiger partial charge in [-0.3, -0.25) is 19.0 Å². The van der Waals surface area contributed by atoms with Gasteiger partial charge in [-0.05, 0) is 63.4 Å². The number of anilines is 2. The maximum Gasteiger partial charge on any atom is 0.435 e.